The minimum Gasteiger partial charge on any atom is -0.507 e. The number of carbonyl (C=O) groups excluding carboxylic acids is 1. The van der Waals surface area contributed by atoms with Crippen LogP contribution in [0.25, 0.3) is 0 Å². The highest BCUT2D eigenvalue weighted by molar-refractivity contribution is 6.30. The van der Waals surface area contributed by atoms with Crippen LogP contribution in [0, 0.1) is 0 Å². The molecular formula is C17H18ClNO2. The molecule has 0 fully saturated rings. The molecule has 0 atom stereocenters. The third-order valence-corrected chi connectivity index (χ3v) is 3.65. The smallest absolute Gasteiger partial charge is 0.259 e. The average molecular weight is 304 g/mol. The lowest BCUT2D eigenvalue weighted by Crippen LogP contribution is -2.13. The Morgan fingerprint density at radius 2 is 1.90 bits per heavy atom. The fraction of sp³-hybridized carbons (Fsp3) is 0.235. The molecule has 21 heavy (non-hydrogen) atoms. The van der Waals surface area contributed by atoms with Gasteiger partial charge in [-0.2, -0.15) is 0 Å². The van der Waals surface area contributed by atoms with Crippen molar-refractivity contribution in [3.8, 4) is 5.75 Å². The Kier molecular flexibility index (Phi) is 4.86. The summed E-state index contributed by atoms with van der Waals surface area (Å²) in [5, 5.41) is 13.3. The lowest BCUT2D eigenvalue weighted by atomic mass is 10.1. The van der Waals surface area contributed by atoms with Crippen LogP contribution in [0.3, 0.4) is 0 Å². The molecule has 0 bridgehead atoms. The number of aromatic hydroxyl groups is 1. The van der Waals surface area contributed by atoms with Crippen molar-refractivity contribution in [2.75, 3.05) is 5.32 Å². The van der Waals surface area contributed by atoms with Crippen LogP contribution in [0.15, 0.2) is 36.4 Å². The molecule has 0 saturated carbocycles. The SMILES string of the molecule is CCc1ccc(O)c(C(=O)Nc2ccc(Cl)cc2CC)c1. The Morgan fingerprint density at radius 1 is 1.14 bits per heavy atom. The van der Waals surface area contributed by atoms with E-state index in [4.69, 9.17) is 11.6 Å². The van der Waals surface area contributed by atoms with Gasteiger partial charge in [0.2, 0.25) is 0 Å². The van der Waals surface area contributed by atoms with E-state index < -0.39 is 0 Å². The summed E-state index contributed by atoms with van der Waals surface area (Å²) in [6.07, 6.45) is 1.57. The van der Waals surface area contributed by atoms with Gasteiger partial charge < -0.3 is 10.4 Å². The first kappa shape index (κ1) is 15.4. The zero-order valence-corrected chi connectivity index (χ0v) is 12.9. The Morgan fingerprint density at radius 3 is 2.57 bits per heavy atom. The van der Waals surface area contributed by atoms with Gasteiger partial charge in [-0.25, -0.2) is 0 Å². The van der Waals surface area contributed by atoms with E-state index in [0.717, 1.165) is 24.0 Å². The van der Waals surface area contributed by atoms with E-state index in [1.807, 2.05) is 26.0 Å². The van der Waals surface area contributed by atoms with Crippen LogP contribution in [-0.2, 0) is 12.8 Å². The minimum absolute atomic E-state index is 0.0169. The van der Waals surface area contributed by atoms with Crippen LogP contribution >= 0.6 is 11.6 Å². The van der Waals surface area contributed by atoms with Crippen LogP contribution in [0.2, 0.25) is 5.02 Å². The van der Waals surface area contributed by atoms with Crippen molar-refractivity contribution in [1.82, 2.24) is 0 Å². The summed E-state index contributed by atoms with van der Waals surface area (Å²) in [5.74, 6) is -0.337. The summed E-state index contributed by atoms with van der Waals surface area (Å²) in [4.78, 5) is 12.4. The van der Waals surface area contributed by atoms with Gasteiger partial charge in [0.1, 0.15) is 5.75 Å². The highest BCUT2D eigenvalue weighted by Crippen LogP contribution is 2.24. The van der Waals surface area contributed by atoms with E-state index in [1.54, 1.807) is 24.3 Å². The second-order valence-corrected chi connectivity index (χ2v) is 5.25. The fourth-order valence-corrected chi connectivity index (χ4v) is 2.35. The molecule has 0 aliphatic rings. The van der Waals surface area contributed by atoms with Crippen LogP contribution in [0.5, 0.6) is 5.75 Å². The molecule has 0 aliphatic heterocycles. The number of rotatable bonds is 4. The van der Waals surface area contributed by atoms with Gasteiger partial charge in [0, 0.05) is 10.7 Å². The van der Waals surface area contributed by atoms with Crippen molar-refractivity contribution in [3.05, 3.63) is 58.1 Å². The molecule has 3 nitrogen and oxygen atoms in total. The number of aryl methyl sites for hydroxylation is 2. The third-order valence-electron chi connectivity index (χ3n) is 3.41. The van der Waals surface area contributed by atoms with Gasteiger partial charge in [-0.3, -0.25) is 4.79 Å². The summed E-state index contributed by atoms with van der Waals surface area (Å²) >= 11 is 5.96. The molecule has 110 valence electrons. The van der Waals surface area contributed by atoms with Crippen LogP contribution < -0.4 is 5.32 Å². The summed E-state index contributed by atoms with van der Waals surface area (Å²) in [6.45, 7) is 4.00. The Hall–Kier alpha value is -2.00. The first-order valence-corrected chi connectivity index (χ1v) is 7.34. The molecule has 0 heterocycles. The number of phenols is 1. The van der Waals surface area contributed by atoms with Gasteiger partial charge in [-0.1, -0.05) is 31.5 Å². The zero-order chi connectivity index (χ0) is 15.4. The van der Waals surface area contributed by atoms with Gasteiger partial charge in [0.15, 0.2) is 0 Å². The lowest BCUT2D eigenvalue weighted by molar-refractivity contribution is 0.102. The average Bonchev–Trinajstić information content (AvgIpc) is 2.49. The first-order valence-electron chi connectivity index (χ1n) is 6.96. The maximum atomic E-state index is 12.4. The summed E-state index contributed by atoms with van der Waals surface area (Å²) in [6, 6.07) is 10.4. The molecule has 4 heteroatoms. The fourth-order valence-electron chi connectivity index (χ4n) is 2.15. The molecule has 2 N–H and O–H groups in total. The Bertz CT molecular complexity index is 668. The summed E-state index contributed by atoms with van der Waals surface area (Å²) < 4.78 is 0. The molecule has 2 aromatic rings. The highest BCUT2D eigenvalue weighted by atomic mass is 35.5. The molecule has 0 aromatic heterocycles. The molecule has 0 saturated heterocycles. The maximum Gasteiger partial charge on any atom is 0.259 e. The van der Waals surface area contributed by atoms with Crippen LogP contribution in [0.1, 0.15) is 35.3 Å². The second-order valence-electron chi connectivity index (χ2n) is 4.81. The van der Waals surface area contributed by atoms with E-state index >= 15 is 0 Å². The largest absolute Gasteiger partial charge is 0.507 e. The number of hydrogen-bond donors (Lipinski definition) is 2. The normalized spacial score (nSPS) is 10.4. The molecule has 0 unspecified atom stereocenters. The van der Waals surface area contributed by atoms with Gasteiger partial charge in [-0.15, -0.1) is 0 Å². The number of amides is 1. The molecular weight excluding hydrogens is 286 g/mol. The number of phenolic OH excluding ortho intramolecular Hbond substituents is 1. The molecule has 2 aromatic carbocycles. The molecule has 0 radical (unpaired) electrons. The predicted octanol–water partition coefficient (Wildman–Crippen LogP) is 4.42. The van der Waals surface area contributed by atoms with E-state index in [-0.39, 0.29) is 17.2 Å². The monoisotopic (exact) mass is 303 g/mol. The second kappa shape index (κ2) is 6.64. The van der Waals surface area contributed by atoms with E-state index in [9.17, 15) is 9.90 Å². The lowest BCUT2D eigenvalue weighted by Gasteiger charge is -2.12. The number of halogens is 1. The first-order chi connectivity index (χ1) is 10.0. The Labute approximate surface area is 129 Å². The number of hydrogen-bond acceptors (Lipinski definition) is 2. The third kappa shape index (κ3) is 3.56. The highest BCUT2D eigenvalue weighted by Gasteiger charge is 2.13. The van der Waals surface area contributed by atoms with E-state index in [2.05, 4.69) is 5.32 Å². The van der Waals surface area contributed by atoms with Crippen molar-refractivity contribution in [2.45, 2.75) is 26.7 Å². The number of benzene rings is 2. The zero-order valence-electron chi connectivity index (χ0n) is 12.1. The van der Waals surface area contributed by atoms with Crippen molar-refractivity contribution in [3.63, 3.8) is 0 Å². The van der Waals surface area contributed by atoms with Crippen molar-refractivity contribution >= 4 is 23.2 Å². The van der Waals surface area contributed by atoms with Gasteiger partial charge in [-0.05, 0) is 54.3 Å². The van der Waals surface area contributed by atoms with Crippen molar-refractivity contribution in [1.29, 1.82) is 0 Å². The topological polar surface area (TPSA) is 49.3 Å². The quantitative estimate of drug-likeness (QED) is 0.878. The van der Waals surface area contributed by atoms with Crippen LogP contribution in [0.4, 0.5) is 5.69 Å². The predicted molar refractivity (Wildman–Crippen MR) is 86.3 cm³/mol. The number of anilines is 1. The minimum atomic E-state index is -0.320. The van der Waals surface area contributed by atoms with Gasteiger partial charge >= 0.3 is 0 Å². The number of carbonyl (C=O) groups is 1. The van der Waals surface area contributed by atoms with E-state index in [1.165, 1.54) is 0 Å². The molecule has 0 aliphatic carbocycles. The van der Waals surface area contributed by atoms with Gasteiger partial charge in [0.25, 0.3) is 5.91 Å². The standard InChI is InChI=1S/C17H18ClNO2/c1-3-11-5-8-16(20)14(9-11)17(21)19-15-7-6-13(18)10-12(15)4-2/h5-10,20H,3-4H2,1-2H3,(H,19,21). The Balaban J connectivity index is 2.30. The molecule has 1 amide bonds. The summed E-state index contributed by atoms with van der Waals surface area (Å²) in [5.41, 5.74) is 2.96. The van der Waals surface area contributed by atoms with Gasteiger partial charge in [0.05, 0.1) is 5.56 Å². The summed E-state index contributed by atoms with van der Waals surface area (Å²) in [7, 11) is 0. The molecule has 0 spiro atoms. The number of nitrogens with one attached hydrogen (secondary N) is 1. The maximum absolute atomic E-state index is 12.4. The van der Waals surface area contributed by atoms with Crippen LogP contribution in [-0.4, -0.2) is 11.0 Å². The van der Waals surface area contributed by atoms with E-state index in [0.29, 0.717) is 10.7 Å². The van der Waals surface area contributed by atoms with Crippen molar-refractivity contribution in [2.24, 2.45) is 0 Å². The molecule has 2 rings (SSSR count). The van der Waals surface area contributed by atoms with Crippen molar-refractivity contribution < 1.29 is 9.90 Å².